The third kappa shape index (κ3) is 3.30. The Morgan fingerprint density at radius 3 is 2.74 bits per heavy atom. The zero-order valence-electron chi connectivity index (χ0n) is 12.8. The SMILES string of the molecule is CCNC(C)c1ccccc1N1CC(C)CCC1C. The molecule has 2 heteroatoms. The van der Waals surface area contributed by atoms with Gasteiger partial charge in [0.05, 0.1) is 0 Å². The summed E-state index contributed by atoms with van der Waals surface area (Å²) in [6, 6.07) is 9.97. The Balaban J connectivity index is 2.27. The maximum atomic E-state index is 3.54. The first-order valence-electron chi connectivity index (χ1n) is 7.72. The third-order valence-electron chi connectivity index (χ3n) is 4.34. The summed E-state index contributed by atoms with van der Waals surface area (Å²) in [5, 5.41) is 3.54. The molecule has 0 aliphatic carbocycles. The number of nitrogens with one attached hydrogen (secondary N) is 1. The Kier molecular flexibility index (Phi) is 4.87. The van der Waals surface area contributed by atoms with E-state index in [2.05, 4.69) is 62.2 Å². The van der Waals surface area contributed by atoms with E-state index in [1.807, 2.05) is 0 Å². The van der Waals surface area contributed by atoms with Crippen molar-refractivity contribution in [2.75, 3.05) is 18.0 Å². The van der Waals surface area contributed by atoms with Gasteiger partial charge in [-0.3, -0.25) is 0 Å². The number of hydrogen-bond acceptors (Lipinski definition) is 2. The molecule has 1 heterocycles. The zero-order chi connectivity index (χ0) is 13.8. The summed E-state index contributed by atoms with van der Waals surface area (Å²) < 4.78 is 0. The summed E-state index contributed by atoms with van der Waals surface area (Å²) >= 11 is 0. The summed E-state index contributed by atoms with van der Waals surface area (Å²) in [5.41, 5.74) is 2.86. The number of piperidine rings is 1. The standard InChI is InChI=1S/C17H28N2/c1-5-18-15(4)16-8-6-7-9-17(16)19-12-13(2)10-11-14(19)3/h6-9,13-15,18H,5,10-12H2,1-4H3. The summed E-state index contributed by atoms with van der Waals surface area (Å²) in [5.74, 6) is 0.804. The quantitative estimate of drug-likeness (QED) is 0.881. The lowest BCUT2D eigenvalue weighted by Gasteiger charge is -2.40. The lowest BCUT2D eigenvalue weighted by Crippen LogP contribution is -2.42. The molecule has 2 nitrogen and oxygen atoms in total. The fourth-order valence-corrected chi connectivity index (χ4v) is 3.16. The maximum absolute atomic E-state index is 3.54. The highest BCUT2D eigenvalue weighted by Gasteiger charge is 2.25. The van der Waals surface area contributed by atoms with E-state index in [9.17, 15) is 0 Å². The van der Waals surface area contributed by atoms with E-state index < -0.39 is 0 Å². The molecule has 0 amide bonds. The van der Waals surface area contributed by atoms with Crippen LogP contribution in [0.1, 0.15) is 52.1 Å². The van der Waals surface area contributed by atoms with Gasteiger partial charge in [0, 0.05) is 24.3 Å². The van der Waals surface area contributed by atoms with E-state index in [0.29, 0.717) is 12.1 Å². The van der Waals surface area contributed by atoms with Crippen molar-refractivity contribution in [2.45, 2.75) is 52.6 Å². The van der Waals surface area contributed by atoms with Crippen molar-refractivity contribution >= 4 is 5.69 Å². The van der Waals surface area contributed by atoms with Crippen LogP contribution >= 0.6 is 0 Å². The van der Waals surface area contributed by atoms with Gasteiger partial charge in [0.2, 0.25) is 0 Å². The van der Waals surface area contributed by atoms with Crippen LogP contribution in [0.5, 0.6) is 0 Å². The van der Waals surface area contributed by atoms with E-state index in [1.165, 1.54) is 30.6 Å². The normalized spacial score (nSPS) is 25.4. The number of anilines is 1. The zero-order valence-corrected chi connectivity index (χ0v) is 12.8. The lowest BCUT2D eigenvalue weighted by atomic mass is 9.93. The van der Waals surface area contributed by atoms with Gasteiger partial charge in [-0.1, -0.05) is 32.0 Å². The summed E-state index contributed by atoms with van der Waals surface area (Å²) in [4.78, 5) is 2.61. The Morgan fingerprint density at radius 2 is 2.00 bits per heavy atom. The fourth-order valence-electron chi connectivity index (χ4n) is 3.16. The van der Waals surface area contributed by atoms with Gasteiger partial charge in [0.15, 0.2) is 0 Å². The van der Waals surface area contributed by atoms with E-state index in [-0.39, 0.29) is 0 Å². The van der Waals surface area contributed by atoms with Crippen LogP contribution in [0.25, 0.3) is 0 Å². The van der Waals surface area contributed by atoms with E-state index >= 15 is 0 Å². The van der Waals surface area contributed by atoms with E-state index in [1.54, 1.807) is 0 Å². The van der Waals surface area contributed by atoms with Crippen molar-refractivity contribution in [3.8, 4) is 0 Å². The summed E-state index contributed by atoms with van der Waals surface area (Å²) in [6.07, 6.45) is 2.67. The minimum atomic E-state index is 0.422. The first-order valence-corrected chi connectivity index (χ1v) is 7.72. The fraction of sp³-hybridized carbons (Fsp3) is 0.647. The minimum absolute atomic E-state index is 0.422. The second-order valence-corrected chi connectivity index (χ2v) is 6.02. The predicted octanol–water partition coefficient (Wildman–Crippen LogP) is 3.98. The Labute approximate surface area is 118 Å². The molecule has 106 valence electrons. The molecule has 3 atom stereocenters. The second kappa shape index (κ2) is 6.42. The van der Waals surface area contributed by atoms with Gasteiger partial charge in [-0.2, -0.15) is 0 Å². The van der Waals surface area contributed by atoms with Crippen LogP contribution < -0.4 is 10.2 Å². The monoisotopic (exact) mass is 260 g/mol. The van der Waals surface area contributed by atoms with Crippen molar-refractivity contribution in [2.24, 2.45) is 5.92 Å². The van der Waals surface area contributed by atoms with Crippen LogP contribution in [-0.2, 0) is 0 Å². The molecule has 2 rings (SSSR count). The van der Waals surface area contributed by atoms with Crippen molar-refractivity contribution in [3.63, 3.8) is 0 Å². The van der Waals surface area contributed by atoms with Crippen LogP contribution in [-0.4, -0.2) is 19.1 Å². The van der Waals surface area contributed by atoms with Gasteiger partial charge < -0.3 is 10.2 Å². The highest BCUT2D eigenvalue weighted by molar-refractivity contribution is 5.56. The molecule has 1 aliphatic heterocycles. The van der Waals surface area contributed by atoms with Crippen LogP contribution in [0.4, 0.5) is 5.69 Å². The molecule has 0 radical (unpaired) electrons. The Bertz CT molecular complexity index is 402. The second-order valence-electron chi connectivity index (χ2n) is 6.02. The highest BCUT2D eigenvalue weighted by atomic mass is 15.2. The molecular formula is C17H28N2. The van der Waals surface area contributed by atoms with Gasteiger partial charge in [-0.15, -0.1) is 0 Å². The van der Waals surface area contributed by atoms with E-state index in [0.717, 1.165) is 12.5 Å². The molecule has 0 aromatic heterocycles. The van der Waals surface area contributed by atoms with Gasteiger partial charge in [0.25, 0.3) is 0 Å². The van der Waals surface area contributed by atoms with Gasteiger partial charge in [0.1, 0.15) is 0 Å². The largest absolute Gasteiger partial charge is 0.368 e. The number of benzene rings is 1. The molecule has 1 aliphatic rings. The lowest BCUT2D eigenvalue weighted by molar-refractivity contribution is 0.389. The molecule has 19 heavy (non-hydrogen) atoms. The molecule has 0 saturated carbocycles. The number of rotatable bonds is 4. The van der Waals surface area contributed by atoms with Gasteiger partial charge in [-0.25, -0.2) is 0 Å². The van der Waals surface area contributed by atoms with Crippen molar-refractivity contribution < 1.29 is 0 Å². The van der Waals surface area contributed by atoms with E-state index in [4.69, 9.17) is 0 Å². The summed E-state index contributed by atoms with van der Waals surface area (Å²) in [6.45, 7) is 11.4. The number of nitrogens with zero attached hydrogens (tertiary/aromatic N) is 1. The molecule has 1 fully saturated rings. The van der Waals surface area contributed by atoms with Crippen molar-refractivity contribution in [3.05, 3.63) is 29.8 Å². The third-order valence-corrected chi connectivity index (χ3v) is 4.34. The Hall–Kier alpha value is -1.02. The molecule has 3 unspecified atom stereocenters. The molecule has 0 bridgehead atoms. The first-order chi connectivity index (χ1) is 9.13. The first kappa shape index (κ1) is 14.4. The average molecular weight is 260 g/mol. The predicted molar refractivity (Wildman–Crippen MR) is 83.7 cm³/mol. The van der Waals surface area contributed by atoms with Crippen LogP contribution in [0.15, 0.2) is 24.3 Å². The number of para-hydroxylation sites is 1. The van der Waals surface area contributed by atoms with Crippen LogP contribution in [0.3, 0.4) is 0 Å². The van der Waals surface area contributed by atoms with Gasteiger partial charge in [-0.05, 0) is 50.8 Å². The minimum Gasteiger partial charge on any atom is -0.368 e. The average Bonchev–Trinajstić information content (AvgIpc) is 2.42. The van der Waals surface area contributed by atoms with Crippen LogP contribution in [0, 0.1) is 5.92 Å². The Morgan fingerprint density at radius 1 is 1.26 bits per heavy atom. The highest BCUT2D eigenvalue weighted by Crippen LogP contribution is 2.32. The van der Waals surface area contributed by atoms with Gasteiger partial charge >= 0.3 is 0 Å². The topological polar surface area (TPSA) is 15.3 Å². The number of hydrogen-bond donors (Lipinski definition) is 1. The molecule has 1 aromatic rings. The smallest absolute Gasteiger partial charge is 0.0417 e. The van der Waals surface area contributed by atoms with Crippen molar-refractivity contribution in [1.29, 1.82) is 0 Å². The molecule has 1 N–H and O–H groups in total. The maximum Gasteiger partial charge on any atom is 0.0417 e. The van der Waals surface area contributed by atoms with Crippen LogP contribution in [0.2, 0.25) is 0 Å². The molecule has 1 saturated heterocycles. The molecular weight excluding hydrogens is 232 g/mol. The van der Waals surface area contributed by atoms with Crippen molar-refractivity contribution in [1.82, 2.24) is 5.32 Å². The molecule has 1 aromatic carbocycles. The summed E-state index contributed by atoms with van der Waals surface area (Å²) in [7, 11) is 0. The molecule has 0 spiro atoms.